The standard InChI is InChI=1S/C13H15NO6/c1-2-20-13(18)9-4-3-5-10(6-9)14-11(15)7-19-8-12(16)17/h3-6H,2,7-8H2,1H3,(H,14,15)(H,16,17). The number of rotatable bonds is 7. The van der Waals surface area contributed by atoms with Gasteiger partial charge in [0.2, 0.25) is 5.91 Å². The molecular formula is C13H15NO6. The van der Waals surface area contributed by atoms with Crippen molar-refractivity contribution < 1.29 is 29.0 Å². The minimum Gasteiger partial charge on any atom is -0.480 e. The first-order chi connectivity index (χ1) is 9.52. The lowest BCUT2D eigenvalue weighted by molar-refractivity contribution is -0.143. The smallest absolute Gasteiger partial charge is 0.338 e. The molecule has 0 atom stereocenters. The molecule has 0 fully saturated rings. The molecule has 1 aromatic rings. The number of ether oxygens (including phenoxy) is 2. The maximum absolute atomic E-state index is 11.5. The van der Waals surface area contributed by atoms with Gasteiger partial charge in [0.1, 0.15) is 13.2 Å². The van der Waals surface area contributed by atoms with Gasteiger partial charge >= 0.3 is 11.9 Å². The molecule has 0 radical (unpaired) electrons. The van der Waals surface area contributed by atoms with E-state index >= 15 is 0 Å². The fourth-order valence-corrected chi connectivity index (χ4v) is 1.37. The van der Waals surface area contributed by atoms with Gasteiger partial charge in [0.25, 0.3) is 0 Å². The number of carbonyl (C=O) groups excluding carboxylic acids is 2. The molecular weight excluding hydrogens is 266 g/mol. The average molecular weight is 281 g/mol. The Morgan fingerprint density at radius 1 is 1.25 bits per heavy atom. The van der Waals surface area contributed by atoms with Gasteiger partial charge in [-0.2, -0.15) is 0 Å². The third kappa shape index (κ3) is 5.49. The fraction of sp³-hybridized carbons (Fsp3) is 0.308. The number of amides is 1. The van der Waals surface area contributed by atoms with E-state index in [1.54, 1.807) is 25.1 Å². The predicted octanol–water partition coefficient (Wildman–Crippen LogP) is 0.903. The monoisotopic (exact) mass is 281 g/mol. The molecule has 0 heterocycles. The summed E-state index contributed by atoms with van der Waals surface area (Å²) in [5, 5.41) is 10.8. The molecule has 0 spiro atoms. The molecule has 1 amide bonds. The quantitative estimate of drug-likeness (QED) is 0.720. The van der Waals surface area contributed by atoms with E-state index in [2.05, 4.69) is 10.1 Å². The number of carbonyl (C=O) groups is 3. The molecule has 0 saturated heterocycles. The van der Waals surface area contributed by atoms with Crippen LogP contribution in [0.4, 0.5) is 5.69 Å². The van der Waals surface area contributed by atoms with E-state index in [-0.39, 0.29) is 13.2 Å². The first-order valence-electron chi connectivity index (χ1n) is 5.89. The molecule has 0 aliphatic carbocycles. The second-order valence-corrected chi connectivity index (χ2v) is 3.74. The summed E-state index contributed by atoms with van der Waals surface area (Å²) < 4.78 is 9.48. The van der Waals surface area contributed by atoms with Gasteiger partial charge in [-0.3, -0.25) is 4.79 Å². The minimum absolute atomic E-state index is 0.262. The highest BCUT2D eigenvalue weighted by Gasteiger charge is 2.09. The summed E-state index contributed by atoms with van der Waals surface area (Å²) in [6.07, 6.45) is 0. The number of nitrogens with one attached hydrogen (secondary N) is 1. The van der Waals surface area contributed by atoms with Gasteiger partial charge in [-0.25, -0.2) is 9.59 Å². The summed E-state index contributed by atoms with van der Waals surface area (Å²) in [6.45, 7) is 1.04. The number of anilines is 1. The molecule has 1 aromatic carbocycles. The Morgan fingerprint density at radius 2 is 2.00 bits per heavy atom. The number of hydrogen-bond acceptors (Lipinski definition) is 5. The van der Waals surface area contributed by atoms with E-state index in [1.807, 2.05) is 0 Å². The molecule has 0 saturated carbocycles. The summed E-state index contributed by atoms with van der Waals surface area (Å²) >= 11 is 0. The van der Waals surface area contributed by atoms with Crippen molar-refractivity contribution in [3.8, 4) is 0 Å². The Morgan fingerprint density at radius 3 is 2.65 bits per heavy atom. The number of benzene rings is 1. The van der Waals surface area contributed by atoms with Crippen molar-refractivity contribution in [2.75, 3.05) is 25.1 Å². The van der Waals surface area contributed by atoms with Gasteiger partial charge in [0.15, 0.2) is 0 Å². The third-order valence-corrected chi connectivity index (χ3v) is 2.12. The van der Waals surface area contributed by atoms with E-state index in [9.17, 15) is 14.4 Å². The molecule has 0 aromatic heterocycles. The number of carboxylic acid groups (broad SMARTS) is 1. The zero-order valence-electron chi connectivity index (χ0n) is 10.9. The second kappa shape index (κ2) is 7.90. The Labute approximate surface area is 115 Å². The first-order valence-corrected chi connectivity index (χ1v) is 5.89. The van der Waals surface area contributed by atoms with Crippen molar-refractivity contribution in [1.82, 2.24) is 0 Å². The van der Waals surface area contributed by atoms with Crippen LogP contribution in [-0.4, -0.2) is 42.8 Å². The molecule has 0 aliphatic rings. The van der Waals surface area contributed by atoms with E-state index in [4.69, 9.17) is 9.84 Å². The summed E-state index contributed by atoms with van der Waals surface area (Å²) in [4.78, 5) is 33.2. The third-order valence-electron chi connectivity index (χ3n) is 2.12. The first kappa shape index (κ1) is 15.6. The molecule has 2 N–H and O–H groups in total. The lowest BCUT2D eigenvalue weighted by Crippen LogP contribution is -2.20. The van der Waals surface area contributed by atoms with Crippen LogP contribution >= 0.6 is 0 Å². The van der Waals surface area contributed by atoms with E-state index < -0.39 is 24.5 Å². The van der Waals surface area contributed by atoms with Crippen LogP contribution in [0.2, 0.25) is 0 Å². The predicted molar refractivity (Wildman–Crippen MR) is 69.5 cm³/mol. The molecule has 108 valence electrons. The lowest BCUT2D eigenvalue weighted by Gasteiger charge is -2.07. The molecule has 0 unspecified atom stereocenters. The van der Waals surface area contributed by atoms with E-state index in [0.717, 1.165) is 0 Å². The minimum atomic E-state index is -1.15. The van der Waals surface area contributed by atoms with Gasteiger partial charge in [0, 0.05) is 5.69 Å². The van der Waals surface area contributed by atoms with E-state index in [1.165, 1.54) is 6.07 Å². The van der Waals surface area contributed by atoms with Gasteiger partial charge in [0.05, 0.1) is 12.2 Å². The maximum Gasteiger partial charge on any atom is 0.338 e. The number of aliphatic carboxylic acids is 1. The van der Waals surface area contributed by atoms with Crippen LogP contribution < -0.4 is 5.32 Å². The second-order valence-electron chi connectivity index (χ2n) is 3.74. The van der Waals surface area contributed by atoms with Gasteiger partial charge in [-0.15, -0.1) is 0 Å². The fourth-order valence-electron chi connectivity index (χ4n) is 1.37. The lowest BCUT2D eigenvalue weighted by atomic mass is 10.2. The number of esters is 1. The Hall–Kier alpha value is -2.41. The molecule has 1 rings (SSSR count). The normalized spacial score (nSPS) is 9.85. The van der Waals surface area contributed by atoms with Gasteiger partial charge in [-0.1, -0.05) is 6.07 Å². The number of hydrogen-bond donors (Lipinski definition) is 2. The topological polar surface area (TPSA) is 102 Å². The summed E-state index contributed by atoms with van der Waals surface area (Å²) in [5.74, 6) is -2.14. The molecule has 20 heavy (non-hydrogen) atoms. The molecule has 7 heteroatoms. The van der Waals surface area contributed by atoms with Crippen LogP contribution in [0.5, 0.6) is 0 Å². The Kier molecular flexibility index (Phi) is 6.18. The van der Waals surface area contributed by atoms with Crippen LogP contribution in [-0.2, 0) is 19.1 Å². The van der Waals surface area contributed by atoms with Crippen molar-refractivity contribution in [2.24, 2.45) is 0 Å². The van der Waals surface area contributed by atoms with E-state index in [0.29, 0.717) is 11.3 Å². The average Bonchev–Trinajstić information content (AvgIpc) is 2.38. The SMILES string of the molecule is CCOC(=O)c1cccc(NC(=O)COCC(=O)O)c1. The Balaban J connectivity index is 2.55. The highest BCUT2D eigenvalue weighted by Crippen LogP contribution is 2.11. The van der Waals surface area contributed by atoms with Crippen LogP contribution in [0, 0.1) is 0 Å². The Bertz CT molecular complexity index is 499. The molecule has 0 bridgehead atoms. The van der Waals surface area contributed by atoms with Crippen molar-refractivity contribution in [1.29, 1.82) is 0 Å². The zero-order chi connectivity index (χ0) is 15.0. The summed E-state index contributed by atoms with van der Waals surface area (Å²) in [7, 11) is 0. The van der Waals surface area contributed by atoms with Gasteiger partial charge < -0.3 is 19.9 Å². The maximum atomic E-state index is 11.5. The largest absolute Gasteiger partial charge is 0.480 e. The van der Waals surface area contributed by atoms with Crippen molar-refractivity contribution >= 4 is 23.5 Å². The molecule has 7 nitrogen and oxygen atoms in total. The van der Waals surface area contributed by atoms with Crippen molar-refractivity contribution in [2.45, 2.75) is 6.92 Å². The highest BCUT2D eigenvalue weighted by atomic mass is 16.5. The van der Waals surface area contributed by atoms with Crippen molar-refractivity contribution in [3.05, 3.63) is 29.8 Å². The van der Waals surface area contributed by atoms with Crippen LogP contribution in [0.15, 0.2) is 24.3 Å². The van der Waals surface area contributed by atoms with Crippen LogP contribution in [0.3, 0.4) is 0 Å². The summed E-state index contributed by atoms with van der Waals surface area (Å²) in [6, 6.07) is 6.22. The van der Waals surface area contributed by atoms with Crippen LogP contribution in [0.25, 0.3) is 0 Å². The highest BCUT2D eigenvalue weighted by molar-refractivity contribution is 5.95. The van der Waals surface area contributed by atoms with Crippen LogP contribution in [0.1, 0.15) is 17.3 Å². The van der Waals surface area contributed by atoms with Gasteiger partial charge in [-0.05, 0) is 25.1 Å². The summed E-state index contributed by atoms with van der Waals surface area (Å²) in [5.41, 5.74) is 0.718. The molecule has 0 aliphatic heterocycles. The van der Waals surface area contributed by atoms with Crippen molar-refractivity contribution in [3.63, 3.8) is 0 Å². The number of carboxylic acids is 1. The zero-order valence-corrected chi connectivity index (χ0v) is 10.9.